The van der Waals surface area contributed by atoms with Crippen molar-refractivity contribution in [3.63, 3.8) is 0 Å². The van der Waals surface area contributed by atoms with E-state index in [1.165, 1.54) is 13.0 Å². The summed E-state index contributed by atoms with van der Waals surface area (Å²) in [5.41, 5.74) is -0.0498. The van der Waals surface area contributed by atoms with Crippen LogP contribution in [-0.4, -0.2) is 63.7 Å². The minimum absolute atomic E-state index is 0.0958. The fourth-order valence-electron chi connectivity index (χ4n) is 6.06. The van der Waals surface area contributed by atoms with Crippen LogP contribution in [0.5, 0.6) is 0 Å². The van der Waals surface area contributed by atoms with Crippen molar-refractivity contribution in [2.75, 3.05) is 39.3 Å². The summed E-state index contributed by atoms with van der Waals surface area (Å²) in [5, 5.41) is 0. The molecule has 1 saturated carbocycles. The molecule has 1 unspecified atom stereocenters. The van der Waals surface area contributed by atoms with Crippen LogP contribution in [0.15, 0.2) is 17.0 Å². The van der Waals surface area contributed by atoms with Crippen molar-refractivity contribution in [1.29, 1.82) is 0 Å². The number of halogens is 3. The summed E-state index contributed by atoms with van der Waals surface area (Å²) < 4.78 is 58.9. The van der Waals surface area contributed by atoms with Gasteiger partial charge in [-0.05, 0) is 50.7 Å². The highest BCUT2D eigenvalue weighted by Gasteiger charge is 2.60. The standard InChI is InChI=1S/C20H26F3N3O2S/c1-14-15(3-4-16(24-14)20(21,22)23)29(27)26-12-19(13-26)10-25(11-19)9-18-5-6-28-17(2,7-18)8-18/h3-4H,5-13H2,1-2H3. The molecule has 1 aliphatic carbocycles. The zero-order valence-corrected chi connectivity index (χ0v) is 17.5. The Morgan fingerprint density at radius 2 is 1.90 bits per heavy atom. The lowest BCUT2D eigenvalue weighted by Crippen LogP contribution is -2.74. The van der Waals surface area contributed by atoms with Crippen LogP contribution in [0.25, 0.3) is 0 Å². The second-order valence-electron chi connectivity index (χ2n) is 9.87. The first kappa shape index (κ1) is 20.1. The third-order valence-electron chi connectivity index (χ3n) is 7.03. The monoisotopic (exact) mass is 429 g/mol. The molecule has 1 atom stereocenters. The van der Waals surface area contributed by atoms with Crippen molar-refractivity contribution < 1.29 is 22.5 Å². The molecule has 29 heavy (non-hydrogen) atoms. The first-order valence-corrected chi connectivity index (χ1v) is 11.2. The highest BCUT2D eigenvalue weighted by atomic mass is 32.2. The number of rotatable bonds is 4. The number of pyridine rings is 1. The van der Waals surface area contributed by atoms with Gasteiger partial charge < -0.3 is 14.2 Å². The maximum atomic E-state index is 12.8. The number of likely N-dealkylation sites (tertiary alicyclic amines) is 1. The molecule has 4 saturated heterocycles. The molecule has 0 amide bonds. The van der Waals surface area contributed by atoms with E-state index in [1.807, 2.05) is 4.31 Å². The Hall–Kier alpha value is -0.870. The second-order valence-corrected chi connectivity index (χ2v) is 11.3. The van der Waals surface area contributed by atoms with Gasteiger partial charge in [-0.15, -0.1) is 4.31 Å². The lowest BCUT2D eigenvalue weighted by atomic mass is 9.55. The van der Waals surface area contributed by atoms with E-state index >= 15 is 0 Å². The summed E-state index contributed by atoms with van der Waals surface area (Å²) >= 11 is -1.46. The molecule has 0 radical (unpaired) electrons. The first-order chi connectivity index (χ1) is 13.5. The van der Waals surface area contributed by atoms with Crippen LogP contribution in [0.2, 0.25) is 0 Å². The van der Waals surface area contributed by atoms with Crippen LogP contribution in [-0.2, 0) is 22.3 Å². The van der Waals surface area contributed by atoms with Crippen molar-refractivity contribution in [2.45, 2.75) is 49.8 Å². The Morgan fingerprint density at radius 3 is 2.48 bits per heavy atom. The summed E-state index contributed by atoms with van der Waals surface area (Å²) in [6, 6.07) is 2.22. The van der Waals surface area contributed by atoms with Crippen LogP contribution < -0.4 is 0 Å². The third kappa shape index (κ3) is 3.39. The molecule has 160 valence electrons. The average molecular weight is 430 g/mol. The zero-order chi connectivity index (χ0) is 20.7. The normalized spacial score (nSPS) is 35.0. The van der Waals surface area contributed by atoms with Crippen LogP contribution in [0.3, 0.4) is 0 Å². The van der Waals surface area contributed by atoms with Crippen molar-refractivity contribution >= 4 is 11.4 Å². The van der Waals surface area contributed by atoms with Gasteiger partial charge in [-0.1, -0.05) is 0 Å². The Bertz CT molecular complexity index is 814. The highest BCUT2D eigenvalue weighted by molar-refractivity contribution is 7.89. The zero-order valence-electron chi connectivity index (χ0n) is 16.7. The lowest BCUT2D eigenvalue weighted by molar-refractivity contribution is -0.230. The minimum atomic E-state index is -4.48. The molecule has 2 bridgehead atoms. The fraction of sp³-hybridized carbons (Fsp3) is 0.750. The van der Waals surface area contributed by atoms with Gasteiger partial charge in [0.1, 0.15) is 5.69 Å². The molecule has 1 spiro atoms. The van der Waals surface area contributed by atoms with Gasteiger partial charge in [0.2, 0.25) is 0 Å². The maximum Gasteiger partial charge on any atom is 0.433 e. The second kappa shape index (κ2) is 6.32. The number of nitrogens with zero attached hydrogens (tertiary/aromatic N) is 3. The summed E-state index contributed by atoms with van der Waals surface area (Å²) in [5.74, 6) is 0. The van der Waals surface area contributed by atoms with Crippen LogP contribution in [0.1, 0.15) is 37.6 Å². The summed E-state index contributed by atoms with van der Waals surface area (Å²) in [4.78, 5) is 6.49. The Balaban J connectivity index is 1.14. The fourth-order valence-corrected chi connectivity index (χ4v) is 7.60. The van der Waals surface area contributed by atoms with E-state index in [0.717, 1.165) is 64.7 Å². The van der Waals surface area contributed by atoms with Gasteiger partial charge in [0.15, 0.2) is 4.90 Å². The molecule has 9 heteroatoms. The lowest BCUT2D eigenvalue weighted by Gasteiger charge is -2.64. The molecule has 1 aromatic rings. The smallest absolute Gasteiger partial charge is 0.433 e. The molecule has 0 aromatic carbocycles. The van der Waals surface area contributed by atoms with Gasteiger partial charge in [-0.2, -0.15) is 13.2 Å². The highest BCUT2D eigenvalue weighted by Crippen LogP contribution is 2.57. The SMILES string of the molecule is Cc1nc(C(F)(F)F)ccc1[S+]([O-])N1CC2(CN(CC34CCOC(C)(C3)C4)C2)C1. The van der Waals surface area contributed by atoms with E-state index in [1.54, 1.807) is 0 Å². The molecular weight excluding hydrogens is 403 g/mol. The van der Waals surface area contributed by atoms with E-state index in [0.29, 0.717) is 10.3 Å². The number of ether oxygens (including phenoxy) is 1. The Morgan fingerprint density at radius 1 is 1.21 bits per heavy atom. The number of hydrogen-bond donors (Lipinski definition) is 0. The largest absolute Gasteiger partial charge is 0.593 e. The molecule has 5 aliphatic rings. The number of hydrogen-bond acceptors (Lipinski definition) is 5. The predicted octanol–water partition coefficient (Wildman–Crippen LogP) is 3.01. The van der Waals surface area contributed by atoms with Gasteiger partial charge in [-0.25, -0.2) is 4.98 Å². The van der Waals surface area contributed by atoms with Crippen LogP contribution in [0, 0.1) is 17.8 Å². The topological polar surface area (TPSA) is 51.7 Å². The van der Waals surface area contributed by atoms with Gasteiger partial charge in [0.25, 0.3) is 0 Å². The van der Waals surface area contributed by atoms with Crippen LogP contribution >= 0.6 is 0 Å². The molecule has 6 rings (SSSR count). The number of aryl methyl sites for hydroxylation is 1. The molecule has 5 nitrogen and oxygen atoms in total. The van der Waals surface area contributed by atoms with Crippen molar-refractivity contribution in [1.82, 2.24) is 14.2 Å². The average Bonchev–Trinajstić information content (AvgIpc) is 2.53. The molecule has 4 aliphatic heterocycles. The van der Waals surface area contributed by atoms with E-state index in [2.05, 4.69) is 16.8 Å². The maximum absolute atomic E-state index is 12.8. The molecule has 1 aromatic heterocycles. The summed E-state index contributed by atoms with van der Waals surface area (Å²) in [6.07, 6.45) is -1.04. The Labute approximate surface area is 171 Å². The third-order valence-corrected chi connectivity index (χ3v) is 8.57. The molecule has 5 fully saturated rings. The number of fused-ring (bicyclic) bond motifs is 2. The predicted molar refractivity (Wildman–Crippen MR) is 101 cm³/mol. The quantitative estimate of drug-likeness (QED) is 0.689. The number of aromatic nitrogens is 1. The Kier molecular flexibility index (Phi) is 4.37. The van der Waals surface area contributed by atoms with E-state index in [-0.39, 0.29) is 16.7 Å². The van der Waals surface area contributed by atoms with E-state index in [4.69, 9.17) is 4.74 Å². The van der Waals surface area contributed by atoms with Crippen LogP contribution in [0.4, 0.5) is 13.2 Å². The van der Waals surface area contributed by atoms with Gasteiger partial charge in [0, 0.05) is 31.7 Å². The first-order valence-electron chi connectivity index (χ1n) is 10.1. The molecule has 5 heterocycles. The van der Waals surface area contributed by atoms with Crippen molar-refractivity contribution in [2.24, 2.45) is 10.8 Å². The van der Waals surface area contributed by atoms with Crippen molar-refractivity contribution in [3.8, 4) is 0 Å². The summed E-state index contributed by atoms with van der Waals surface area (Å²) in [6.45, 7) is 9.17. The van der Waals surface area contributed by atoms with E-state index in [9.17, 15) is 17.7 Å². The van der Waals surface area contributed by atoms with Gasteiger partial charge in [0.05, 0.1) is 35.7 Å². The minimum Gasteiger partial charge on any atom is -0.593 e. The molecular formula is C20H26F3N3O2S. The number of alkyl halides is 3. The van der Waals surface area contributed by atoms with Crippen molar-refractivity contribution in [3.05, 3.63) is 23.5 Å². The molecule has 0 N–H and O–H groups in total. The van der Waals surface area contributed by atoms with Gasteiger partial charge >= 0.3 is 6.18 Å². The van der Waals surface area contributed by atoms with Gasteiger partial charge in [-0.3, -0.25) is 0 Å². The van der Waals surface area contributed by atoms with E-state index < -0.39 is 23.2 Å². The summed E-state index contributed by atoms with van der Waals surface area (Å²) in [7, 11) is 0.